The summed E-state index contributed by atoms with van der Waals surface area (Å²) in [5, 5.41) is 36.3. The Morgan fingerprint density at radius 1 is 1.06 bits per heavy atom. The number of nitrogens with one attached hydrogen (secondary N) is 1. The molecule has 11 atom stereocenters. The number of amides is 1. The van der Waals surface area contributed by atoms with E-state index in [9.17, 15) is 20.1 Å². The van der Waals surface area contributed by atoms with Crippen LogP contribution in [0.4, 0.5) is 0 Å². The summed E-state index contributed by atoms with van der Waals surface area (Å²) in [5.74, 6) is 2.23. The van der Waals surface area contributed by atoms with E-state index < -0.39 is 0 Å². The van der Waals surface area contributed by atoms with E-state index in [1.807, 2.05) is 0 Å². The molecule has 33 heavy (non-hydrogen) atoms. The second-order valence-corrected chi connectivity index (χ2v) is 12.7. The molecule has 190 valence electrons. The number of fused-ring (bicyclic) bond motifs is 5. The van der Waals surface area contributed by atoms with E-state index >= 15 is 0 Å². The van der Waals surface area contributed by atoms with Crippen molar-refractivity contribution in [3.05, 3.63) is 0 Å². The normalized spacial score (nSPS) is 47.8. The van der Waals surface area contributed by atoms with Gasteiger partial charge < -0.3 is 20.6 Å². The van der Waals surface area contributed by atoms with Crippen molar-refractivity contribution in [3.63, 3.8) is 0 Å². The highest BCUT2D eigenvalue weighted by molar-refractivity contribution is 5.75. The van der Waals surface area contributed by atoms with E-state index in [0.29, 0.717) is 36.0 Å². The number of hydrogen-bond donors (Lipinski definition) is 4. The average Bonchev–Trinajstić information content (AvgIpc) is 3.13. The Balaban J connectivity index is 1.47. The third-order valence-electron chi connectivity index (χ3n) is 11.2. The Labute approximate surface area is 201 Å². The van der Waals surface area contributed by atoms with E-state index in [1.54, 1.807) is 0 Å². The van der Waals surface area contributed by atoms with Crippen LogP contribution in [0.1, 0.15) is 98.3 Å². The molecule has 4 fully saturated rings. The molecule has 4 N–H and O–H groups in total. The van der Waals surface area contributed by atoms with Crippen LogP contribution in [0.5, 0.6) is 0 Å². The Morgan fingerprint density at radius 2 is 1.82 bits per heavy atom. The molecule has 1 amide bonds. The fraction of sp³-hybridized carbons (Fsp3) is 0.964. The number of unbranched alkanes of at least 4 members (excludes halogenated alkanes) is 1. The van der Waals surface area contributed by atoms with Gasteiger partial charge in [-0.3, -0.25) is 4.79 Å². The minimum Gasteiger partial charge on any atom is -0.393 e. The molecule has 0 bridgehead atoms. The Kier molecular flexibility index (Phi) is 7.54. The molecular formula is C28H49NO4. The molecule has 4 unspecified atom stereocenters. The minimum atomic E-state index is -0.355. The molecule has 4 aliphatic rings. The largest absolute Gasteiger partial charge is 0.393 e. The van der Waals surface area contributed by atoms with Gasteiger partial charge in [0.25, 0.3) is 0 Å². The summed E-state index contributed by atoms with van der Waals surface area (Å²) in [6.45, 7) is 9.85. The van der Waals surface area contributed by atoms with E-state index in [2.05, 4.69) is 33.0 Å². The van der Waals surface area contributed by atoms with Crippen LogP contribution in [-0.2, 0) is 4.79 Å². The van der Waals surface area contributed by atoms with Gasteiger partial charge in [0.05, 0.1) is 18.3 Å². The number of carbonyl (C=O) groups excluding carboxylic acids is 1. The zero-order valence-corrected chi connectivity index (χ0v) is 21.4. The van der Waals surface area contributed by atoms with E-state index in [1.165, 1.54) is 0 Å². The lowest BCUT2D eigenvalue weighted by Gasteiger charge is -2.63. The van der Waals surface area contributed by atoms with Gasteiger partial charge >= 0.3 is 0 Å². The van der Waals surface area contributed by atoms with Gasteiger partial charge in [-0.05, 0) is 104 Å². The van der Waals surface area contributed by atoms with E-state index in [-0.39, 0.29) is 41.0 Å². The topological polar surface area (TPSA) is 89.8 Å². The van der Waals surface area contributed by atoms with Crippen LogP contribution in [-0.4, -0.2) is 46.1 Å². The predicted molar refractivity (Wildman–Crippen MR) is 130 cm³/mol. The van der Waals surface area contributed by atoms with Crippen LogP contribution in [0.2, 0.25) is 0 Å². The molecule has 0 aromatic rings. The number of rotatable bonds is 7. The van der Waals surface area contributed by atoms with Crippen LogP contribution in [0.25, 0.3) is 0 Å². The van der Waals surface area contributed by atoms with Crippen molar-refractivity contribution in [2.75, 3.05) is 6.54 Å². The van der Waals surface area contributed by atoms with Gasteiger partial charge in [0.2, 0.25) is 5.91 Å². The van der Waals surface area contributed by atoms with Gasteiger partial charge in [0, 0.05) is 13.0 Å². The van der Waals surface area contributed by atoms with Crippen molar-refractivity contribution in [2.24, 2.45) is 46.3 Å². The predicted octanol–water partition coefficient (Wildman–Crippen LogP) is 4.28. The lowest BCUT2D eigenvalue weighted by Crippen LogP contribution is -2.62. The maximum absolute atomic E-state index is 12.3. The van der Waals surface area contributed by atoms with Crippen molar-refractivity contribution in [1.82, 2.24) is 5.32 Å². The lowest BCUT2D eigenvalue weighted by atomic mass is 9.43. The fourth-order valence-electron chi connectivity index (χ4n) is 9.18. The third-order valence-corrected chi connectivity index (χ3v) is 11.2. The zero-order valence-electron chi connectivity index (χ0n) is 21.4. The highest BCUT2D eigenvalue weighted by atomic mass is 16.3. The van der Waals surface area contributed by atoms with Gasteiger partial charge in [-0.15, -0.1) is 0 Å². The molecule has 5 heteroatoms. The first-order chi connectivity index (χ1) is 15.6. The molecule has 0 saturated heterocycles. The van der Waals surface area contributed by atoms with Crippen LogP contribution in [0.15, 0.2) is 0 Å². The van der Waals surface area contributed by atoms with Gasteiger partial charge in [-0.1, -0.05) is 34.1 Å². The second-order valence-electron chi connectivity index (χ2n) is 12.7. The van der Waals surface area contributed by atoms with E-state index in [0.717, 1.165) is 70.8 Å². The first-order valence-corrected chi connectivity index (χ1v) is 13.9. The second kappa shape index (κ2) is 9.78. The maximum Gasteiger partial charge on any atom is 0.220 e. The SMILES string of the molecule is CCCCNC(=O)CC[C@@H](C)[C@H]1CCC2C3C(C[C@H](O)[C@@]21C)[C@@]1(C)CC[C@@H](O)CC1C[C@H]3O. The van der Waals surface area contributed by atoms with E-state index in [4.69, 9.17) is 0 Å². The van der Waals surface area contributed by atoms with Gasteiger partial charge in [0.15, 0.2) is 0 Å². The van der Waals surface area contributed by atoms with Crippen molar-refractivity contribution >= 4 is 5.91 Å². The number of carbonyl (C=O) groups is 1. The van der Waals surface area contributed by atoms with Gasteiger partial charge in [-0.25, -0.2) is 0 Å². The number of hydrogen-bond acceptors (Lipinski definition) is 4. The molecular weight excluding hydrogens is 414 g/mol. The van der Waals surface area contributed by atoms with Crippen LogP contribution in [0.3, 0.4) is 0 Å². The fourth-order valence-corrected chi connectivity index (χ4v) is 9.18. The lowest BCUT2D eigenvalue weighted by molar-refractivity contribution is -0.207. The first kappa shape index (κ1) is 25.4. The minimum absolute atomic E-state index is 0.117. The Morgan fingerprint density at radius 3 is 2.55 bits per heavy atom. The maximum atomic E-state index is 12.3. The van der Waals surface area contributed by atoms with Gasteiger partial charge in [-0.2, -0.15) is 0 Å². The highest BCUT2D eigenvalue weighted by Crippen LogP contribution is 2.68. The number of aliphatic hydroxyl groups excluding tert-OH is 3. The van der Waals surface area contributed by atoms with Crippen molar-refractivity contribution in [2.45, 2.75) is 117 Å². The van der Waals surface area contributed by atoms with Crippen molar-refractivity contribution in [1.29, 1.82) is 0 Å². The molecule has 4 aliphatic carbocycles. The van der Waals surface area contributed by atoms with Crippen LogP contribution < -0.4 is 5.32 Å². The molecule has 0 heterocycles. The standard InChI is InChI=1S/C28H49NO4/c1-5-6-13-29-25(33)10-7-17(2)20-8-9-21-26-22(16-24(32)28(20,21)4)27(3)12-11-19(30)14-18(27)15-23(26)31/h17-24,26,30-32H,5-16H2,1-4H3,(H,29,33)/t17-,18?,19-,20-,21?,22?,23-,24+,26?,27+,28-/m1/s1. The molecule has 0 spiro atoms. The molecule has 4 rings (SSSR count). The van der Waals surface area contributed by atoms with Gasteiger partial charge in [0.1, 0.15) is 0 Å². The Hall–Kier alpha value is -0.650. The first-order valence-electron chi connectivity index (χ1n) is 13.9. The Bertz CT molecular complexity index is 699. The quantitative estimate of drug-likeness (QED) is 0.424. The van der Waals surface area contributed by atoms with Crippen LogP contribution >= 0.6 is 0 Å². The highest BCUT2D eigenvalue weighted by Gasteiger charge is 2.65. The zero-order chi connectivity index (χ0) is 24.0. The molecule has 4 saturated carbocycles. The van der Waals surface area contributed by atoms with Crippen LogP contribution in [0, 0.1) is 46.3 Å². The summed E-state index contributed by atoms with van der Waals surface area (Å²) in [6.07, 6.45) is 9.04. The van der Waals surface area contributed by atoms with Crippen molar-refractivity contribution in [3.8, 4) is 0 Å². The summed E-state index contributed by atoms with van der Waals surface area (Å²) in [7, 11) is 0. The summed E-state index contributed by atoms with van der Waals surface area (Å²) in [4.78, 5) is 12.3. The molecule has 0 aliphatic heterocycles. The third kappa shape index (κ3) is 4.40. The summed E-state index contributed by atoms with van der Waals surface area (Å²) in [5.41, 5.74) is -0.0661. The molecule has 0 aromatic heterocycles. The summed E-state index contributed by atoms with van der Waals surface area (Å²) < 4.78 is 0. The van der Waals surface area contributed by atoms with Crippen molar-refractivity contribution < 1.29 is 20.1 Å². The molecule has 0 aromatic carbocycles. The monoisotopic (exact) mass is 463 g/mol. The molecule has 5 nitrogen and oxygen atoms in total. The summed E-state index contributed by atoms with van der Waals surface area (Å²) in [6, 6.07) is 0. The molecule has 0 radical (unpaired) electrons. The number of aliphatic hydroxyl groups is 3. The smallest absolute Gasteiger partial charge is 0.220 e. The average molecular weight is 464 g/mol. The summed E-state index contributed by atoms with van der Waals surface area (Å²) >= 11 is 0.